The maximum absolute atomic E-state index is 13.0. The van der Waals surface area contributed by atoms with Crippen LogP contribution in [0.2, 0.25) is 0 Å². The number of nitrogens with zero attached hydrogens (tertiary/aromatic N) is 2. The average molecular weight is 443 g/mol. The zero-order chi connectivity index (χ0) is 22.5. The predicted molar refractivity (Wildman–Crippen MR) is 123 cm³/mol. The van der Waals surface area contributed by atoms with Crippen molar-refractivity contribution in [3.8, 4) is 5.75 Å². The van der Waals surface area contributed by atoms with E-state index in [0.29, 0.717) is 24.4 Å². The van der Waals surface area contributed by atoms with E-state index in [1.54, 1.807) is 29.2 Å². The van der Waals surface area contributed by atoms with Gasteiger partial charge < -0.3 is 19.6 Å². The summed E-state index contributed by atoms with van der Waals surface area (Å²) in [4.78, 5) is 30.6. The molecule has 1 aliphatic heterocycles. The fourth-order valence-corrected chi connectivity index (χ4v) is 4.63. The van der Waals surface area contributed by atoms with Crippen LogP contribution in [0.15, 0.2) is 47.4 Å². The smallest absolute Gasteiger partial charge is 0.295 e. The van der Waals surface area contributed by atoms with Gasteiger partial charge in [-0.15, -0.1) is 11.3 Å². The molecule has 0 aliphatic carbocycles. The number of likely N-dealkylation sites (N-methyl/N-ethyl adjacent to an activating group) is 1. The molecular weight excluding hydrogens is 412 g/mol. The van der Waals surface area contributed by atoms with E-state index in [1.165, 1.54) is 11.3 Å². The van der Waals surface area contributed by atoms with Gasteiger partial charge in [0.1, 0.15) is 11.5 Å². The molecule has 7 heteroatoms. The van der Waals surface area contributed by atoms with Gasteiger partial charge in [0.25, 0.3) is 11.7 Å². The van der Waals surface area contributed by atoms with Gasteiger partial charge in [-0.05, 0) is 50.5 Å². The van der Waals surface area contributed by atoms with Crippen molar-refractivity contribution in [2.45, 2.75) is 39.8 Å². The van der Waals surface area contributed by atoms with Crippen molar-refractivity contribution in [2.75, 3.05) is 26.2 Å². The fourth-order valence-electron chi connectivity index (χ4n) is 3.79. The lowest BCUT2D eigenvalue weighted by atomic mass is 9.99. The number of ketones is 1. The molecule has 1 unspecified atom stereocenters. The Hall–Kier alpha value is -2.64. The monoisotopic (exact) mass is 442 g/mol. The Balaban J connectivity index is 2.03. The molecule has 0 spiro atoms. The summed E-state index contributed by atoms with van der Waals surface area (Å²) in [5, 5.41) is 13.1. The standard InChI is InChI=1S/C24H30N2O4S/c1-5-25(6-2)12-13-26-21(19-11-8-14-31-19)20(23(28)24(26)29)22(27)17-9-7-10-18(15-17)30-16(3)4/h7-11,14-16,21,27H,5-6,12-13H2,1-4H3/b22-20-. The number of aliphatic hydroxyl groups excluding tert-OH is 1. The first-order valence-electron chi connectivity index (χ1n) is 10.7. The van der Waals surface area contributed by atoms with Crippen molar-refractivity contribution < 1.29 is 19.4 Å². The lowest BCUT2D eigenvalue weighted by Gasteiger charge is -2.27. The molecule has 1 saturated heterocycles. The summed E-state index contributed by atoms with van der Waals surface area (Å²) in [7, 11) is 0. The van der Waals surface area contributed by atoms with Gasteiger partial charge in [0.2, 0.25) is 0 Å². The summed E-state index contributed by atoms with van der Waals surface area (Å²) in [6, 6.07) is 10.2. The van der Waals surface area contributed by atoms with Crippen LogP contribution in [0.25, 0.3) is 5.76 Å². The third-order valence-corrected chi connectivity index (χ3v) is 6.31. The number of rotatable bonds is 9. The molecule has 2 aromatic rings. The molecule has 0 radical (unpaired) electrons. The normalized spacial score (nSPS) is 18.4. The van der Waals surface area contributed by atoms with Crippen LogP contribution in [0.5, 0.6) is 5.75 Å². The molecule has 0 saturated carbocycles. The summed E-state index contributed by atoms with van der Waals surface area (Å²) < 4.78 is 5.73. The minimum atomic E-state index is -0.648. The Bertz CT molecular complexity index is 948. The molecule has 6 nitrogen and oxygen atoms in total. The molecule has 3 rings (SSSR count). The zero-order valence-electron chi connectivity index (χ0n) is 18.5. The van der Waals surface area contributed by atoms with Crippen LogP contribution in [0.1, 0.15) is 44.2 Å². The van der Waals surface area contributed by atoms with Crippen LogP contribution in [-0.4, -0.2) is 58.9 Å². The summed E-state index contributed by atoms with van der Waals surface area (Å²) >= 11 is 1.47. The molecule has 0 bridgehead atoms. The van der Waals surface area contributed by atoms with Crippen molar-refractivity contribution in [3.05, 3.63) is 57.8 Å². The second-order valence-corrected chi connectivity index (χ2v) is 8.71. The van der Waals surface area contributed by atoms with E-state index in [-0.39, 0.29) is 17.4 Å². The molecule has 2 heterocycles. The maximum atomic E-state index is 13.0. The van der Waals surface area contributed by atoms with Crippen molar-refractivity contribution in [3.63, 3.8) is 0 Å². The second-order valence-electron chi connectivity index (χ2n) is 7.73. The highest BCUT2D eigenvalue weighted by Crippen LogP contribution is 2.41. The fraction of sp³-hybridized carbons (Fsp3) is 0.417. The minimum absolute atomic E-state index is 0.0193. The van der Waals surface area contributed by atoms with Gasteiger partial charge in [-0.2, -0.15) is 0 Å². The first-order chi connectivity index (χ1) is 14.9. The molecule has 1 aromatic heterocycles. The third kappa shape index (κ3) is 4.99. The molecule has 1 aromatic carbocycles. The molecule has 1 N–H and O–H groups in total. The number of hydrogen-bond acceptors (Lipinski definition) is 6. The number of carbonyl (C=O) groups is 2. The lowest BCUT2D eigenvalue weighted by Crippen LogP contribution is -2.37. The van der Waals surface area contributed by atoms with Gasteiger partial charge in [-0.3, -0.25) is 9.59 Å². The first-order valence-corrected chi connectivity index (χ1v) is 11.6. The largest absolute Gasteiger partial charge is 0.507 e. The summed E-state index contributed by atoms with van der Waals surface area (Å²) in [6.07, 6.45) is -0.0193. The molecule has 1 fully saturated rings. The Morgan fingerprint density at radius 1 is 1.19 bits per heavy atom. The van der Waals surface area contributed by atoms with E-state index >= 15 is 0 Å². The Labute approximate surface area is 187 Å². The molecule has 1 atom stereocenters. The summed E-state index contributed by atoms with van der Waals surface area (Å²) in [5.41, 5.74) is 0.593. The van der Waals surface area contributed by atoms with E-state index in [4.69, 9.17) is 4.74 Å². The number of thiophene rings is 1. The average Bonchev–Trinajstić information content (AvgIpc) is 3.36. The van der Waals surface area contributed by atoms with Crippen molar-refractivity contribution in [1.29, 1.82) is 0 Å². The number of Topliss-reactive ketones (excluding diaryl/α,β-unsaturated/α-hetero) is 1. The summed E-state index contributed by atoms with van der Waals surface area (Å²) in [6.45, 7) is 10.8. The van der Waals surface area contributed by atoms with E-state index in [1.807, 2.05) is 31.4 Å². The highest BCUT2D eigenvalue weighted by atomic mass is 32.1. The van der Waals surface area contributed by atoms with Gasteiger partial charge >= 0.3 is 0 Å². The van der Waals surface area contributed by atoms with Gasteiger partial charge in [-0.25, -0.2) is 0 Å². The van der Waals surface area contributed by atoms with Crippen molar-refractivity contribution in [2.24, 2.45) is 0 Å². The lowest BCUT2D eigenvalue weighted by molar-refractivity contribution is -0.140. The number of aliphatic hydroxyl groups is 1. The Morgan fingerprint density at radius 3 is 2.55 bits per heavy atom. The SMILES string of the molecule is CCN(CC)CCN1C(=O)C(=O)/C(=C(\O)c2cccc(OC(C)C)c2)C1c1cccs1. The number of likely N-dealkylation sites (tertiary alicyclic amines) is 1. The Morgan fingerprint density at radius 2 is 1.94 bits per heavy atom. The zero-order valence-corrected chi connectivity index (χ0v) is 19.3. The second kappa shape index (κ2) is 10.1. The minimum Gasteiger partial charge on any atom is -0.507 e. The van der Waals surface area contributed by atoms with Crippen LogP contribution >= 0.6 is 11.3 Å². The number of ether oxygens (including phenoxy) is 1. The van der Waals surface area contributed by atoms with Crippen molar-refractivity contribution >= 4 is 28.8 Å². The molecule has 1 amide bonds. The predicted octanol–water partition coefficient (Wildman–Crippen LogP) is 4.30. The quantitative estimate of drug-likeness (QED) is 0.356. The van der Waals surface area contributed by atoms with Gasteiger partial charge in [0, 0.05) is 23.5 Å². The van der Waals surface area contributed by atoms with Gasteiger partial charge in [0.05, 0.1) is 17.7 Å². The molecule has 166 valence electrons. The van der Waals surface area contributed by atoms with Crippen LogP contribution in [-0.2, 0) is 9.59 Å². The molecule has 1 aliphatic rings. The number of amides is 1. The van der Waals surface area contributed by atoms with Crippen LogP contribution in [0, 0.1) is 0 Å². The number of carbonyl (C=O) groups excluding carboxylic acids is 2. The van der Waals surface area contributed by atoms with Crippen LogP contribution < -0.4 is 4.74 Å². The van der Waals surface area contributed by atoms with E-state index in [0.717, 1.165) is 18.0 Å². The van der Waals surface area contributed by atoms with Gasteiger partial charge in [-0.1, -0.05) is 32.0 Å². The molecule has 31 heavy (non-hydrogen) atoms. The van der Waals surface area contributed by atoms with Crippen molar-refractivity contribution in [1.82, 2.24) is 9.80 Å². The maximum Gasteiger partial charge on any atom is 0.295 e. The van der Waals surface area contributed by atoms with Crippen LogP contribution in [0.4, 0.5) is 0 Å². The first kappa shape index (κ1) is 23.0. The third-order valence-electron chi connectivity index (χ3n) is 5.38. The van der Waals surface area contributed by atoms with E-state index in [2.05, 4.69) is 18.7 Å². The van der Waals surface area contributed by atoms with E-state index < -0.39 is 17.7 Å². The highest BCUT2D eigenvalue weighted by Gasteiger charge is 2.46. The highest BCUT2D eigenvalue weighted by molar-refractivity contribution is 7.10. The van der Waals surface area contributed by atoms with Gasteiger partial charge in [0.15, 0.2) is 0 Å². The number of hydrogen-bond donors (Lipinski definition) is 1. The van der Waals surface area contributed by atoms with Crippen LogP contribution in [0.3, 0.4) is 0 Å². The molecular formula is C24H30N2O4S. The Kier molecular flexibility index (Phi) is 7.51. The number of benzene rings is 1. The topological polar surface area (TPSA) is 70.1 Å². The summed E-state index contributed by atoms with van der Waals surface area (Å²) in [5.74, 6) is -0.786. The van der Waals surface area contributed by atoms with E-state index in [9.17, 15) is 14.7 Å².